The fourth-order valence-corrected chi connectivity index (χ4v) is 1.17. The van der Waals surface area contributed by atoms with Gasteiger partial charge in [0.25, 0.3) is 0 Å². The zero-order valence-corrected chi connectivity index (χ0v) is 12.0. The molecule has 0 bridgehead atoms. The molecule has 0 unspecified atom stereocenters. The Balaban J connectivity index is 4.19. The smallest absolute Gasteiger partial charge is 0.176 e. The van der Waals surface area contributed by atoms with Gasteiger partial charge in [0, 0.05) is 28.4 Å². The average Bonchev–Trinajstić information content (AvgIpc) is 2.41. The first-order valence-corrected chi connectivity index (χ1v) is 5.76. The zero-order chi connectivity index (χ0) is 14.7. The quantitative estimate of drug-likeness (QED) is 0.311. The average molecular weight is 276 g/mol. The minimum Gasteiger partial charge on any atom is -0.387 e. The summed E-state index contributed by atoms with van der Waals surface area (Å²) < 4.78 is 19.9. The molecule has 0 aromatic rings. The first-order valence-electron chi connectivity index (χ1n) is 5.76. The van der Waals surface area contributed by atoms with E-state index in [9.17, 15) is 0 Å². The van der Waals surface area contributed by atoms with Gasteiger partial charge in [-0.25, -0.2) is 0 Å². The van der Waals surface area contributed by atoms with Gasteiger partial charge in [-0.05, 0) is 0 Å². The summed E-state index contributed by atoms with van der Waals surface area (Å²) in [7, 11) is 6.13. The summed E-state index contributed by atoms with van der Waals surface area (Å²) in [6.45, 7) is 0.621. The molecule has 0 rings (SSSR count). The highest BCUT2D eigenvalue weighted by atomic mass is 16.7. The molecule has 4 N–H and O–H groups in total. The topological polar surface area (TPSA) is 114 Å². The molecule has 0 aliphatic heterocycles. The van der Waals surface area contributed by atoms with Gasteiger partial charge in [-0.3, -0.25) is 9.98 Å². The molecule has 0 spiro atoms. The van der Waals surface area contributed by atoms with Crippen LogP contribution in [0.15, 0.2) is 9.98 Å². The lowest BCUT2D eigenvalue weighted by atomic mass is 10.3. The number of methoxy groups -OCH3 is 4. The first kappa shape index (κ1) is 17.8. The number of rotatable bonds is 10. The van der Waals surface area contributed by atoms with Crippen LogP contribution in [0.4, 0.5) is 0 Å². The second-order valence-corrected chi connectivity index (χ2v) is 3.64. The molecule has 19 heavy (non-hydrogen) atoms. The summed E-state index contributed by atoms with van der Waals surface area (Å²) in [5.74, 6) is 0.735. The number of aliphatic imine (C=N–C) groups is 2. The van der Waals surface area contributed by atoms with Gasteiger partial charge in [-0.15, -0.1) is 0 Å². The Hall–Kier alpha value is -1.22. The van der Waals surface area contributed by atoms with E-state index in [2.05, 4.69) is 9.98 Å². The van der Waals surface area contributed by atoms with Crippen molar-refractivity contribution in [1.82, 2.24) is 0 Å². The molecule has 0 aromatic heterocycles. The molecule has 112 valence electrons. The van der Waals surface area contributed by atoms with Crippen molar-refractivity contribution in [3.8, 4) is 0 Å². The van der Waals surface area contributed by atoms with Crippen molar-refractivity contribution < 1.29 is 18.9 Å². The summed E-state index contributed by atoms with van der Waals surface area (Å²) in [5, 5.41) is 0. The monoisotopic (exact) mass is 276 g/mol. The van der Waals surface area contributed by atoms with Crippen molar-refractivity contribution in [2.45, 2.75) is 19.0 Å². The van der Waals surface area contributed by atoms with Gasteiger partial charge in [0.05, 0.1) is 19.5 Å². The van der Waals surface area contributed by atoms with Crippen molar-refractivity contribution in [2.75, 3.05) is 41.5 Å². The standard InChI is InChI=1S/C11H24N4O4/c1-16-10(17-2)6-14-8(12)5-9(13)15-7-11(18-3)19-4/h10-11H,5-7H2,1-4H3,(H2,12,14)(H2,13,15). The van der Waals surface area contributed by atoms with Crippen LogP contribution in [0, 0.1) is 0 Å². The van der Waals surface area contributed by atoms with Crippen LogP contribution in [0.2, 0.25) is 0 Å². The van der Waals surface area contributed by atoms with E-state index in [1.165, 1.54) is 28.4 Å². The van der Waals surface area contributed by atoms with Crippen molar-refractivity contribution in [3.05, 3.63) is 0 Å². The highest BCUT2D eigenvalue weighted by Crippen LogP contribution is 1.94. The van der Waals surface area contributed by atoms with Crippen LogP contribution in [0.1, 0.15) is 6.42 Å². The summed E-state index contributed by atoms with van der Waals surface area (Å²) in [6, 6.07) is 0. The molecule has 0 fully saturated rings. The minimum absolute atomic E-state index is 0.278. The van der Waals surface area contributed by atoms with Crippen LogP contribution < -0.4 is 11.5 Å². The Morgan fingerprint density at radius 2 is 1.11 bits per heavy atom. The van der Waals surface area contributed by atoms with Crippen molar-refractivity contribution in [1.29, 1.82) is 0 Å². The largest absolute Gasteiger partial charge is 0.387 e. The molecule has 0 saturated carbocycles. The highest BCUT2D eigenvalue weighted by molar-refractivity contribution is 6.00. The second-order valence-electron chi connectivity index (χ2n) is 3.64. The molecule has 0 amide bonds. The molecule has 0 aliphatic carbocycles. The predicted molar refractivity (Wildman–Crippen MR) is 73.2 cm³/mol. The first-order chi connectivity index (χ1) is 9.07. The van der Waals surface area contributed by atoms with Crippen molar-refractivity contribution in [2.24, 2.45) is 21.5 Å². The van der Waals surface area contributed by atoms with Crippen LogP contribution in [0.25, 0.3) is 0 Å². The van der Waals surface area contributed by atoms with E-state index in [4.69, 9.17) is 30.4 Å². The van der Waals surface area contributed by atoms with Gasteiger partial charge < -0.3 is 30.4 Å². The van der Waals surface area contributed by atoms with E-state index in [1.54, 1.807) is 0 Å². The minimum atomic E-state index is -0.414. The second kappa shape index (κ2) is 10.7. The molecule has 8 nitrogen and oxygen atoms in total. The lowest BCUT2D eigenvalue weighted by Gasteiger charge is -2.11. The van der Waals surface area contributed by atoms with Crippen LogP contribution in [0.3, 0.4) is 0 Å². The van der Waals surface area contributed by atoms with Crippen molar-refractivity contribution in [3.63, 3.8) is 0 Å². The van der Waals surface area contributed by atoms with E-state index in [0.717, 1.165) is 0 Å². The lowest BCUT2D eigenvalue weighted by molar-refractivity contribution is -0.0937. The number of ether oxygens (including phenoxy) is 4. The van der Waals surface area contributed by atoms with Crippen molar-refractivity contribution >= 4 is 11.7 Å². The number of amidine groups is 2. The summed E-state index contributed by atoms with van der Waals surface area (Å²) in [6.07, 6.45) is -0.550. The molecule has 0 aliphatic rings. The molecule has 0 saturated heterocycles. The Kier molecular flexibility index (Phi) is 9.99. The highest BCUT2D eigenvalue weighted by Gasteiger charge is 2.06. The third-order valence-corrected chi connectivity index (χ3v) is 2.30. The zero-order valence-electron chi connectivity index (χ0n) is 12.0. The Bertz CT molecular complexity index is 260. The summed E-state index contributed by atoms with van der Waals surface area (Å²) in [4.78, 5) is 8.19. The normalized spacial score (nSPS) is 13.6. The number of hydrogen-bond donors (Lipinski definition) is 2. The lowest BCUT2D eigenvalue weighted by Crippen LogP contribution is -2.27. The molecule has 0 heterocycles. The van der Waals surface area contributed by atoms with Gasteiger partial charge in [0.15, 0.2) is 12.6 Å². The SMILES string of the molecule is COC(CN=C(N)CC(N)=NCC(OC)OC)OC. The molecular formula is C11H24N4O4. The van der Waals surface area contributed by atoms with Crippen LogP contribution in [0.5, 0.6) is 0 Å². The fourth-order valence-electron chi connectivity index (χ4n) is 1.17. The molecule has 0 radical (unpaired) electrons. The Labute approximate surface area is 113 Å². The maximum Gasteiger partial charge on any atom is 0.176 e. The third-order valence-electron chi connectivity index (χ3n) is 2.30. The molecule has 0 aromatic carbocycles. The van der Waals surface area contributed by atoms with E-state index < -0.39 is 12.6 Å². The summed E-state index contributed by atoms with van der Waals surface area (Å²) in [5.41, 5.74) is 11.4. The fraction of sp³-hybridized carbons (Fsp3) is 0.818. The van der Waals surface area contributed by atoms with Gasteiger partial charge in [-0.1, -0.05) is 0 Å². The van der Waals surface area contributed by atoms with Gasteiger partial charge in [0.1, 0.15) is 11.7 Å². The number of nitrogens with two attached hydrogens (primary N) is 2. The molecular weight excluding hydrogens is 252 g/mol. The van der Waals surface area contributed by atoms with Crippen LogP contribution in [-0.4, -0.2) is 65.8 Å². The summed E-state index contributed by atoms with van der Waals surface area (Å²) >= 11 is 0. The van der Waals surface area contributed by atoms with E-state index >= 15 is 0 Å². The molecule has 8 heteroatoms. The number of hydrogen-bond acceptors (Lipinski definition) is 6. The van der Waals surface area contributed by atoms with E-state index in [0.29, 0.717) is 24.8 Å². The molecule has 0 atom stereocenters. The maximum atomic E-state index is 5.72. The predicted octanol–water partition coefficient (Wildman–Crippen LogP) is -0.671. The van der Waals surface area contributed by atoms with Crippen LogP contribution >= 0.6 is 0 Å². The van der Waals surface area contributed by atoms with Gasteiger partial charge in [-0.2, -0.15) is 0 Å². The van der Waals surface area contributed by atoms with Gasteiger partial charge in [0.2, 0.25) is 0 Å². The Morgan fingerprint density at radius 1 is 0.789 bits per heavy atom. The maximum absolute atomic E-state index is 5.72. The number of nitrogens with zero attached hydrogens (tertiary/aromatic N) is 2. The third kappa shape index (κ3) is 8.49. The van der Waals surface area contributed by atoms with Gasteiger partial charge >= 0.3 is 0 Å². The van der Waals surface area contributed by atoms with Crippen LogP contribution in [-0.2, 0) is 18.9 Å². The Morgan fingerprint density at radius 3 is 1.37 bits per heavy atom. The van der Waals surface area contributed by atoms with E-state index in [-0.39, 0.29) is 6.42 Å². The van der Waals surface area contributed by atoms with E-state index in [1.807, 2.05) is 0 Å².